The van der Waals surface area contributed by atoms with Gasteiger partial charge in [0, 0.05) is 13.7 Å². The van der Waals surface area contributed by atoms with E-state index in [1.807, 2.05) is 19.2 Å². The van der Waals surface area contributed by atoms with E-state index in [1.54, 1.807) is 0 Å². The Morgan fingerprint density at radius 1 is 1.22 bits per heavy atom. The second-order valence-electron chi connectivity index (χ2n) is 4.34. The second kappa shape index (κ2) is 9.17. The smallest absolute Gasteiger partial charge is 0.126 e. The number of hydrogen-bond donors (Lipinski definition) is 1. The van der Waals surface area contributed by atoms with Gasteiger partial charge in [0.25, 0.3) is 0 Å². The van der Waals surface area contributed by atoms with E-state index in [2.05, 4.69) is 17.2 Å². The Balaban J connectivity index is 2.22. The van der Waals surface area contributed by atoms with Crippen LogP contribution in [-0.4, -0.2) is 18.6 Å². The number of halogens is 1. The van der Waals surface area contributed by atoms with Crippen LogP contribution in [0.3, 0.4) is 0 Å². The number of pyridine rings is 1. The molecule has 1 N–H and O–H groups in total. The average Bonchev–Trinajstić information content (AvgIpc) is 2.39. The van der Waals surface area contributed by atoms with Crippen molar-refractivity contribution >= 4 is 17.4 Å². The van der Waals surface area contributed by atoms with Crippen LogP contribution >= 0.6 is 11.6 Å². The van der Waals surface area contributed by atoms with Gasteiger partial charge in [-0.25, -0.2) is 4.98 Å². The zero-order valence-corrected chi connectivity index (χ0v) is 12.1. The van der Waals surface area contributed by atoms with E-state index in [0.29, 0.717) is 11.6 Å². The van der Waals surface area contributed by atoms with Crippen LogP contribution in [-0.2, 0) is 11.3 Å². The van der Waals surface area contributed by atoms with Gasteiger partial charge in [-0.3, -0.25) is 0 Å². The maximum Gasteiger partial charge on any atom is 0.126 e. The lowest BCUT2D eigenvalue weighted by molar-refractivity contribution is 0.114. The Labute approximate surface area is 115 Å². The van der Waals surface area contributed by atoms with Crippen molar-refractivity contribution in [2.45, 2.75) is 45.6 Å². The topological polar surface area (TPSA) is 34.1 Å². The molecule has 3 nitrogen and oxygen atoms in total. The summed E-state index contributed by atoms with van der Waals surface area (Å²) in [5.41, 5.74) is 0.803. The SMILES string of the molecule is CCCCCCCOCc1nc(NC)ccc1Cl. The molecule has 0 aliphatic carbocycles. The maximum absolute atomic E-state index is 6.06. The van der Waals surface area contributed by atoms with Crippen LogP contribution in [0.25, 0.3) is 0 Å². The first-order valence-corrected chi connectivity index (χ1v) is 7.06. The first-order valence-electron chi connectivity index (χ1n) is 6.68. The molecule has 18 heavy (non-hydrogen) atoms. The number of nitrogens with zero attached hydrogens (tertiary/aromatic N) is 1. The normalized spacial score (nSPS) is 10.6. The monoisotopic (exact) mass is 270 g/mol. The molecule has 0 unspecified atom stereocenters. The zero-order chi connectivity index (χ0) is 13.2. The molecule has 0 amide bonds. The summed E-state index contributed by atoms with van der Waals surface area (Å²) in [6, 6.07) is 3.71. The van der Waals surface area contributed by atoms with Gasteiger partial charge in [-0.2, -0.15) is 0 Å². The predicted molar refractivity (Wildman–Crippen MR) is 77.2 cm³/mol. The van der Waals surface area contributed by atoms with Gasteiger partial charge >= 0.3 is 0 Å². The molecule has 0 spiro atoms. The summed E-state index contributed by atoms with van der Waals surface area (Å²) < 4.78 is 5.61. The highest BCUT2D eigenvalue weighted by atomic mass is 35.5. The van der Waals surface area contributed by atoms with Crippen LogP contribution in [0.2, 0.25) is 5.02 Å². The van der Waals surface area contributed by atoms with Gasteiger partial charge in [0.15, 0.2) is 0 Å². The van der Waals surface area contributed by atoms with Gasteiger partial charge in [-0.05, 0) is 18.6 Å². The molecule has 0 saturated carbocycles. The van der Waals surface area contributed by atoms with E-state index < -0.39 is 0 Å². The van der Waals surface area contributed by atoms with Gasteiger partial charge in [0.05, 0.1) is 17.3 Å². The van der Waals surface area contributed by atoms with Gasteiger partial charge in [0.1, 0.15) is 5.82 Å². The lowest BCUT2D eigenvalue weighted by Gasteiger charge is -2.07. The minimum Gasteiger partial charge on any atom is -0.375 e. The van der Waals surface area contributed by atoms with E-state index in [1.165, 1.54) is 25.7 Å². The third kappa shape index (κ3) is 5.69. The molecular weight excluding hydrogens is 248 g/mol. The fourth-order valence-corrected chi connectivity index (χ4v) is 1.86. The van der Waals surface area contributed by atoms with Gasteiger partial charge < -0.3 is 10.1 Å². The van der Waals surface area contributed by atoms with Crippen molar-refractivity contribution in [3.05, 3.63) is 22.8 Å². The summed E-state index contributed by atoms with van der Waals surface area (Å²) in [6.45, 7) is 3.49. The number of ether oxygens (including phenoxy) is 1. The predicted octanol–water partition coefficient (Wildman–Crippen LogP) is 4.26. The van der Waals surface area contributed by atoms with Gasteiger partial charge in [0.2, 0.25) is 0 Å². The lowest BCUT2D eigenvalue weighted by atomic mass is 10.2. The number of nitrogens with one attached hydrogen (secondary N) is 1. The van der Waals surface area contributed by atoms with Crippen LogP contribution < -0.4 is 5.32 Å². The number of hydrogen-bond acceptors (Lipinski definition) is 3. The molecule has 102 valence electrons. The summed E-state index contributed by atoms with van der Waals surface area (Å²) in [4.78, 5) is 4.37. The highest BCUT2D eigenvalue weighted by molar-refractivity contribution is 6.31. The molecule has 0 aliphatic heterocycles. The molecule has 0 radical (unpaired) electrons. The van der Waals surface area contributed by atoms with Crippen molar-refractivity contribution in [1.82, 2.24) is 4.98 Å². The van der Waals surface area contributed by atoms with Gasteiger partial charge in [-0.1, -0.05) is 44.2 Å². The van der Waals surface area contributed by atoms with E-state index in [-0.39, 0.29) is 0 Å². The standard InChI is InChI=1S/C14H23ClN2O/c1-3-4-5-6-7-10-18-11-13-12(15)8-9-14(16-2)17-13/h8-9H,3-7,10-11H2,1-2H3,(H,16,17). The fraction of sp³-hybridized carbons (Fsp3) is 0.643. The van der Waals surface area contributed by atoms with E-state index in [9.17, 15) is 0 Å². The summed E-state index contributed by atoms with van der Waals surface area (Å²) in [5, 5.41) is 3.66. The quantitative estimate of drug-likeness (QED) is 0.681. The van der Waals surface area contributed by atoms with Crippen molar-refractivity contribution in [3.8, 4) is 0 Å². The number of aromatic nitrogens is 1. The molecule has 0 atom stereocenters. The molecule has 4 heteroatoms. The molecule has 1 aromatic heterocycles. The van der Waals surface area contributed by atoms with Crippen LogP contribution in [0.1, 0.15) is 44.7 Å². The van der Waals surface area contributed by atoms with Crippen molar-refractivity contribution in [1.29, 1.82) is 0 Å². The minimum atomic E-state index is 0.488. The summed E-state index contributed by atoms with van der Waals surface area (Å²) >= 11 is 6.06. The van der Waals surface area contributed by atoms with Crippen LogP contribution in [0.4, 0.5) is 5.82 Å². The molecule has 1 rings (SSSR count). The summed E-state index contributed by atoms with van der Waals surface area (Å²) in [5.74, 6) is 0.820. The first kappa shape index (κ1) is 15.3. The Morgan fingerprint density at radius 2 is 2.00 bits per heavy atom. The largest absolute Gasteiger partial charge is 0.375 e. The summed E-state index contributed by atoms with van der Waals surface area (Å²) in [6.07, 6.45) is 6.25. The summed E-state index contributed by atoms with van der Waals surface area (Å²) in [7, 11) is 1.84. The Morgan fingerprint density at radius 3 is 2.72 bits per heavy atom. The lowest BCUT2D eigenvalue weighted by Crippen LogP contribution is -2.01. The molecular formula is C14H23ClN2O. The zero-order valence-electron chi connectivity index (χ0n) is 11.3. The highest BCUT2D eigenvalue weighted by Crippen LogP contribution is 2.17. The molecule has 1 aromatic rings. The minimum absolute atomic E-state index is 0.488. The first-order chi connectivity index (χ1) is 8.77. The Kier molecular flexibility index (Phi) is 7.78. The molecule has 0 aromatic carbocycles. The van der Waals surface area contributed by atoms with Crippen LogP contribution in [0, 0.1) is 0 Å². The Hall–Kier alpha value is -0.800. The molecule has 0 bridgehead atoms. The third-order valence-electron chi connectivity index (χ3n) is 2.81. The van der Waals surface area contributed by atoms with E-state index in [4.69, 9.17) is 16.3 Å². The second-order valence-corrected chi connectivity index (χ2v) is 4.75. The van der Waals surface area contributed by atoms with Crippen molar-refractivity contribution in [2.75, 3.05) is 19.0 Å². The van der Waals surface area contributed by atoms with E-state index >= 15 is 0 Å². The Bertz CT molecular complexity index is 345. The third-order valence-corrected chi connectivity index (χ3v) is 3.15. The fourth-order valence-electron chi connectivity index (χ4n) is 1.70. The van der Waals surface area contributed by atoms with Gasteiger partial charge in [-0.15, -0.1) is 0 Å². The maximum atomic E-state index is 6.06. The molecule has 0 aliphatic rings. The molecule has 0 fully saturated rings. The average molecular weight is 271 g/mol. The number of rotatable bonds is 9. The van der Waals surface area contributed by atoms with Crippen LogP contribution in [0.5, 0.6) is 0 Å². The highest BCUT2D eigenvalue weighted by Gasteiger charge is 2.03. The number of anilines is 1. The van der Waals surface area contributed by atoms with E-state index in [0.717, 1.165) is 24.5 Å². The molecule has 1 heterocycles. The van der Waals surface area contributed by atoms with Crippen LogP contribution in [0.15, 0.2) is 12.1 Å². The van der Waals surface area contributed by atoms with Crippen molar-refractivity contribution < 1.29 is 4.74 Å². The van der Waals surface area contributed by atoms with Crippen molar-refractivity contribution in [3.63, 3.8) is 0 Å². The molecule has 0 saturated heterocycles. The number of unbranched alkanes of at least 4 members (excludes halogenated alkanes) is 4. The van der Waals surface area contributed by atoms with Crippen molar-refractivity contribution in [2.24, 2.45) is 0 Å².